The van der Waals surface area contributed by atoms with Gasteiger partial charge in [-0.25, -0.2) is 4.39 Å². The van der Waals surface area contributed by atoms with Crippen molar-refractivity contribution >= 4 is 23.2 Å². The number of anilines is 2. The molecule has 5 heteroatoms. The Kier molecular flexibility index (Phi) is 3.79. The van der Waals surface area contributed by atoms with E-state index in [1.165, 1.54) is 11.0 Å². The molecule has 2 amide bonds. The number of nitrogens with zero attached hydrogens (tertiary/aromatic N) is 2. The van der Waals surface area contributed by atoms with Crippen molar-refractivity contribution in [2.24, 2.45) is 5.92 Å². The van der Waals surface area contributed by atoms with Gasteiger partial charge in [0, 0.05) is 24.7 Å². The van der Waals surface area contributed by atoms with E-state index in [9.17, 15) is 14.0 Å². The predicted octanol–water partition coefficient (Wildman–Crippen LogP) is 3.16. The molecule has 4 rings (SSSR count). The number of amides is 2. The van der Waals surface area contributed by atoms with E-state index < -0.39 is 11.7 Å². The topological polar surface area (TPSA) is 40.6 Å². The third kappa shape index (κ3) is 2.60. The number of hydrogen-bond donors (Lipinski definition) is 0. The summed E-state index contributed by atoms with van der Waals surface area (Å²) in [6, 6.07) is 14.1. The summed E-state index contributed by atoms with van der Waals surface area (Å²) in [6.45, 7) is 2.24. The molecule has 2 aliphatic heterocycles. The van der Waals surface area contributed by atoms with Crippen molar-refractivity contribution in [2.45, 2.75) is 25.8 Å². The van der Waals surface area contributed by atoms with Crippen LogP contribution in [0.3, 0.4) is 0 Å². The maximum absolute atomic E-state index is 14.0. The SMILES string of the molecule is CC1Cc2ccccc2N1C(=O)C1CC(=O)N(c2ccccc2F)C1. The Labute approximate surface area is 145 Å². The van der Waals surface area contributed by atoms with Crippen LogP contribution in [0, 0.1) is 11.7 Å². The lowest BCUT2D eigenvalue weighted by Gasteiger charge is -2.26. The molecule has 0 aliphatic carbocycles. The lowest BCUT2D eigenvalue weighted by molar-refractivity contribution is -0.124. The molecule has 1 fully saturated rings. The van der Waals surface area contributed by atoms with E-state index in [4.69, 9.17) is 0 Å². The first-order valence-electron chi connectivity index (χ1n) is 8.52. The van der Waals surface area contributed by atoms with Gasteiger partial charge in [-0.15, -0.1) is 0 Å². The van der Waals surface area contributed by atoms with E-state index in [-0.39, 0.29) is 36.5 Å². The van der Waals surface area contributed by atoms with Gasteiger partial charge < -0.3 is 9.80 Å². The molecule has 2 aromatic carbocycles. The highest BCUT2D eigenvalue weighted by Gasteiger charge is 2.41. The van der Waals surface area contributed by atoms with Gasteiger partial charge in [-0.2, -0.15) is 0 Å². The number of carbonyl (C=O) groups is 2. The first-order chi connectivity index (χ1) is 12.1. The quantitative estimate of drug-likeness (QED) is 0.844. The lowest BCUT2D eigenvalue weighted by Crippen LogP contribution is -2.41. The Morgan fingerprint density at radius 2 is 1.72 bits per heavy atom. The Bertz CT molecular complexity index is 851. The minimum absolute atomic E-state index is 0.0513. The molecule has 0 saturated carbocycles. The van der Waals surface area contributed by atoms with Crippen LogP contribution in [0.5, 0.6) is 0 Å². The zero-order valence-corrected chi connectivity index (χ0v) is 14.0. The molecule has 2 unspecified atom stereocenters. The van der Waals surface area contributed by atoms with Crippen LogP contribution in [0.15, 0.2) is 48.5 Å². The summed E-state index contributed by atoms with van der Waals surface area (Å²) in [7, 11) is 0. The molecular weight excluding hydrogens is 319 g/mol. The average Bonchev–Trinajstić information content (AvgIpc) is 3.14. The fourth-order valence-corrected chi connectivity index (χ4v) is 3.87. The van der Waals surface area contributed by atoms with Crippen LogP contribution in [0.1, 0.15) is 18.9 Å². The molecule has 25 heavy (non-hydrogen) atoms. The van der Waals surface area contributed by atoms with Gasteiger partial charge in [-0.1, -0.05) is 30.3 Å². The Balaban J connectivity index is 1.59. The van der Waals surface area contributed by atoms with Crippen molar-refractivity contribution < 1.29 is 14.0 Å². The van der Waals surface area contributed by atoms with Crippen LogP contribution in [-0.2, 0) is 16.0 Å². The van der Waals surface area contributed by atoms with Crippen molar-refractivity contribution in [3.8, 4) is 0 Å². The van der Waals surface area contributed by atoms with Crippen LogP contribution < -0.4 is 9.80 Å². The van der Waals surface area contributed by atoms with Gasteiger partial charge >= 0.3 is 0 Å². The molecule has 0 aromatic heterocycles. The number of hydrogen-bond acceptors (Lipinski definition) is 2. The minimum Gasteiger partial charge on any atom is -0.309 e. The number of para-hydroxylation sites is 2. The second kappa shape index (κ2) is 5.99. The number of fused-ring (bicyclic) bond motifs is 1. The molecule has 0 radical (unpaired) electrons. The van der Waals surface area contributed by atoms with Crippen LogP contribution in [0.2, 0.25) is 0 Å². The van der Waals surface area contributed by atoms with E-state index in [1.807, 2.05) is 31.2 Å². The van der Waals surface area contributed by atoms with Crippen LogP contribution >= 0.6 is 0 Å². The van der Waals surface area contributed by atoms with Gasteiger partial charge in [0.25, 0.3) is 0 Å². The Morgan fingerprint density at radius 1 is 1.04 bits per heavy atom. The third-order valence-corrected chi connectivity index (χ3v) is 5.06. The number of benzene rings is 2. The van der Waals surface area contributed by atoms with Crippen LogP contribution in [0.4, 0.5) is 15.8 Å². The van der Waals surface area contributed by atoms with Gasteiger partial charge in [-0.05, 0) is 37.1 Å². The van der Waals surface area contributed by atoms with Crippen molar-refractivity contribution in [3.63, 3.8) is 0 Å². The van der Waals surface area contributed by atoms with Crippen LogP contribution in [0.25, 0.3) is 0 Å². The molecule has 2 atom stereocenters. The smallest absolute Gasteiger partial charge is 0.232 e. The molecular formula is C20H19FN2O2. The molecule has 0 N–H and O–H groups in total. The highest BCUT2D eigenvalue weighted by molar-refractivity contribution is 6.05. The van der Waals surface area contributed by atoms with Gasteiger partial charge in [0.2, 0.25) is 11.8 Å². The maximum Gasteiger partial charge on any atom is 0.232 e. The standard InChI is InChI=1S/C20H19FN2O2/c1-13-10-14-6-2-4-8-17(14)23(13)20(25)15-11-19(24)22(12-15)18-9-5-3-7-16(18)21/h2-9,13,15H,10-12H2,1H3. The second-order valence-corrected chi connectivity index (χ2v) is 6.75. The minimum atomic E-state index is -0.444. The number of carbonyl (C=O) groups excluding carboxylic acids is 2. The third-order valence-electron chi connectivity index (χ3n) is 5.06. The van der Waals surface area contributed by atoms with E-state index in [0.717, 1.165) is 17.7 Å². The zero-order valence-electron chi connectivity index (χ0n) is 14.0. The van der Waals surface area contributed by atoms with Crippen molar-refractivity contribution in [1.29, 1.82) is 0 Å². The fraction of sp³-hybridized carbons (Fsp3) is 0.300. The summed E-state index contributed by atoms with van der Waals surface area (Å²) in [4.78, 5) is 28.7. The lowest BCUT2D eigenvalue weighted by atomic mass is 10.1. The van der Waals surface area contributed by atoms with E-state index >= 15 is 0 Å². The predicted molar refractivity (Wildman–Crippen MR) is 94.0 cm³/mol. The highest BCUT2D eigenvalue weighted by atomic mass is 19.1. The summed E-state index contributed by atoms with van der Waals surface area (Å²) in [5.41, 5.74) is 2.33. The van der Waals surface area contributed by atoms with E-state index in [0.29, 0.717) is 0 Å². The molecule has 2 aromatic rings. The van der Waals surface area contributed by atoms with Gasteiger partial charge in [0.1, 0.15) is 5.82 Å². The molecule has 2 aliphatic rings. The number of rotatable bonds is 2. The van der Waals surface area contributed by atoms with E-state index in [2.05, 4.69) is 0 Å². The summed E-state index contributed by atoms with van der Waals surface area (Å²) in [5.74, 6) is -1.14. The molecule has 4 nitrogen and oxygen atoms in total. The van der Waals surface area contributed by atoms with Gasteiger partial charge in [-0.3, -0.25) is 9.59 Å². The second-order valence-electron chi connectivity index (χ2n) is 6.75. The van der Waals surface area contributed by atoms with Crippen molar-refractivity contribution in [2.75, 3.05) is 16.3 Å². The first-order valence-corrected chi connectivity index (χ1v) is 8.52. The van der Waals surface area contributed by atoms with Gasteiger partial charge in [0.05, 0.1) is 11.6 Å². The van der Waals surface area contributed by atoms with Crippen molar-refractivity contribution in [3.05, 3.63) is 59.9 Å². The maximum atomic E-state index is 14.0. The summed E-state index contributed by atoms with van der Waals surface area (Å²) < 4.78 is 14.0. The van der Waals surface area contributed by atoms with Crippen LogP contribution in [-0.4, -0.2) is 24.4 Å². The molecule has 128 valence electrons. The van der Waals surface area contributed by atoms with Gasteiger partial charge in [0.15, 0.2) is 0 Å². The Hall–Kier alpha value is -2.69. The molecule has 0 bridgehead atoms. The van der Waals surface area contributed by atoms with Crippen molar-refractivity contribution in [1.82, 2.24) is 0 Å². The zero-order chi connectivity index (χ0) is 17.6. The molecule has 0 spiro atoms. The fourth-order valence-electron chi connectivity index (χ4n) is 3.87. The first kappa shape index (κ1) is 15.8. The number of halogens is 1. The Morgan fingerprint density at radius 3 is 2.48 bits per heavy atom. The average molecular weight is 338 g/mol. The summed E-state index contributed by atoms with van der Waals surface area (Å²) in [6.07, 6.45) is 0.943. The normalized spacial score (nSPS) is 22.4. The summed E-state index contributed by atoms with van der Waals surface area (Å²) >= 11 is 0. The molecule has 2 heterocycles. The summed E-state index contributed by atoms with van der Waals surface area (Å²) in [5, 5.41) is 0. The molecule has 1 saturated heterocycles. The largest absolute Gasteiger partial charge is 0.309 e. The van der Waals surface area contributed by atoms with E-state index in [1.54, 1.807) is 23.1 Å². The highest BCUT2D eigenvalue weighted by Crippen LogP contribution is 2.35. The monoisotopic (exact) mass is 338 g/mol.